The van der Waals surface area contributed by atoms with Gasteiger partial charge in [0.15, 0.2) is 5.76 Å². The second kappa shape index (κ2) is 6.58. The summed E-state index contributed by atoms with van der Waals surface area (Å²) in [5.74, 6) is 0.503. The van der Waals surface area contributed by atoms with Gasteiger partial charge in [0.2, 0.25) is 0 Å². The van der Waals surface area contributed by atoms with Gasteiger partial charge in [-0.1, -0.05) is 24.2 Å². The summed E-state index contributed by atoms with van der Waals surface area (Å²) in [5, 5.41) is 9.64. The van der Waals surface area contributed by atoms with Crippen LogP contribution in [0.3, 0.4) is 0 Å². The van der Waals surface area contributed by atoms with Crippen LogP contribution in [-0.2, 0) is 6.54 Å². The predicted molar refractivity (Wildman–Crippen MR) is 72.9 cm³/mol. The summed E-state index contributed by atoms with van der Waals surface area (Å²) in [5.41, 5.74) is 1.48. The lowest BCUT2D eigenvalue weighted by atomic mass is 10.1. The molecule has 5 nitrogen and oxygen atoms in total. The highest BCUT2D eigenvalue weighted by molar-refractivity contribution is 5.99. The first kappa shape index (κ1) is 13.1. The summed E-state index contributed by atoms with van der Waals surface area (Å²) in [6, 6.07) is 9.18. The van der Waals surface area contributed by atoms with Crippen molar-refractivity contribution in [2.24, 2.45) is 0 Å². The van der Waals surface area contributed by atoms with E-state index in [1.54, 1.807) is 18.3 Å². The number of anilines is 1. The molecule has 2 aromatic rings. The summed E-state index contributed by atoms with van der Waals surface area (Å²) in [4.78, 5) is 12.1. The van der Waals surface area contributed by atoms with Gasteiger partial charge in [-0.15, -0.1) is 0 Å². The van der Waals surface area contributed by atoms with E-state index in [0.29, 0.717) is 17.9 Å². The molecule has 100 valence electrons. The van der Waals surface area contributed by atoms with E-state index in [4.69, 9.17) is 4.52 Å². The summed E-state index contributed by atoms with van der Waals surface area (Å²) in [6.45, 7) is 3.26. The molecule has 0 saturated carbocycles. The topological polar surface area (TPSA) is 67.2 Å². The molecule has 1 heterocycles. The van der Waals surface area contributed by atoms with Gasteiger partial charge >= 0.3 is 0 Å². The van der Waals surface area contributed by atoms with Crippen molar-refractivity contribution in [3.8, 4) is 0 Å². The molecule has 0 aliphatic carbocycles. The Morgan fingerprint density at radius 2 is 2.16 bits per heavy atom. The lowest BCUT2D eigenvalue weighted by molar-refractivity contribution is 0.0948. The second-order valence-corrected chi connectivity index (χ2v) is 4.13. The maximum absolute atomic E-state index is 12.1. The predicted octanol–water partition coefficient (Wildman–Crippen LogP) is 2.43. The smallest absolute Gasteiger partial charge is 0.253 e. The molecule has 0 atom stereocenters. The number of rotatable bonds is 6. The lowest BCUT2D eigenvalue weighted by Crippen LogP contribution is -2.23. The van der Waals surface area contributed by atoms with Crippen LogP contribution in [0.4, 0.5) is 5.69 Å². The first-order chi connectivity index (χ1) is 9.31. The number of nitrogens with zero attached hydrogens (tertiary/aromatic N) is 1. The first-order valence-electron chi connectivity index (χ1n) is 6.32. The van der Waals surface area contributed by atoms with Gasteiger partial charge in [0, 0.05) is 18.3 Å². The van der Waals surface area contributed by atoms with E-state index < -0.39 is 0 Å². The van der Waals surface area contributed by atoms with Crippen LogP contribution in [0.5, 0.6) is 0 Å². The molecule has 2 rings (SSSR count). The molecule has 0 radical (unpaired) electrons. The Morgan fingerprint density at radius 3 is 2.89 bits per heavy atom. The number of para-hydroxylation sites is 1. The Kier molecular flexibility index (Phi) is 4.55. The van der Waals surface area contributed by atoms with Crippen LogP contribution < -0.4 is 10.6 Å². The molecule has 1 aromatic carbocycles. The number of aromatic nitrogens is 1. The Bertz CT molecular complexity index is 523. The molecular weight excluding hydrogens is 242 g/mol. The third kappa shape index (κ3) is 3.58. The fourth-order valence-electron chi connectivity index (χ4n) is 1.69. The monoisotopic (exact) mass is 259 g/mol. The van der Waals surface area contributed by atoms with Crippen molar-refractivity contribution in [2.75, 3.05) is 11.9 Å². The van der Waals surface area contributed by atoms with E-state index in [2.05, 4.69) is 22.7 Å². The van der Waals surface area contributed by atoms with Gasteiger partial charge in [-0.25, -0.2) is 0 Å². The Labute approximate surface area is 112 Å². The molecule has 0 spiro atoms. The average Bonchev–Trinajstić information content (AvgIpc) is 2.96. The number of benzene rings is 1. The summed E-state index contributed by atoms with van der Waals surface area (Å²) in [7, 11) is 0. The van der Waals surface area contributed by atoms with Gasteiger partial charge in [-0.05, 0) is 18.6 Å². The Hall–Kier alpha value is -2.30. The molecule has 1 aromatic heterocycles. The van der Waals surface area contributed by atoms with E-state index in [1.807, 2.05) is 18.2 Å². The van der Waals surface area contributed by atoms with E-state index in [-0.39, 0.29) is 5.91 Å². The number of amides is 1. The molecule has 19 heavy (non-hydrogen) atoms. The number of nitrogens with one attached hydrogen (secondary N) is 2. The number of carbonyl (C=O) groups is 1. The molecule has 0 fully saturated rings. The van der Waals surface area contributed by atoms with Crippen molar-refractivity contribution in [1.82, 2.24) is 10.5 Å². The standard InChI is InChI=1S/C14H17N3O2/c1-2-8-15-13-6-4-3-5-12(13)14(18)16-10-11-7-9-17-19-11/h3-7,9,15H,2,8,10H2,1H3,(H,16,18). The second-order valence-electron chi connectivity index (χ2n) is 4.13. The highest BCUT2D eigenvalue weighted by Gasteiger charge is 2.10. The van der Waals surface area contributed by atoms with Gasteiger partial charge < -0.3 is 15.2 Å². The highest BCUT2D eigenvalue weighted by atomic mass is 16.5. The van der Waals surface area contributed by atoms with Crippen LogP contribution in [-0.4, -0.2) is 17.6 Å². The van der Waals surface area contributed by atoms with Crippen LogP contribution in [0, 0.1) is 0 Å². The van der Waals surface area contributed by atoms with Crippen LogP contribution in [0.2, 0.25) is 0 Å². The largest absolute Gasteiger partial charge is 0.384 e. The maximum Gasteiger partial charge on any atom is 0.253 e. The molecule has 0 aliphatic rings. The van der Waals surface area contributed by atoms with Gasteiger partial charge in [-0.3, -0.25) is 4.79 Å². The number of hydrogen-bond acceptors (Lipinski definition) is 4. The molecular formula is C14H17N3O2. The van der Waals surface area contributed by atoms with Gasteiger partial charge in [-0.2, -0.15) is 0 Å². The molecule has 2 N–H and O–H groups in total. The van der Waals surface area contributed by atoms with Crippen LogP contribution in [0.25, 0.3) is 0 Å². The van der Waals surface area contributed by atoms with E-state index >= 15 is 0 Å². The molecule has 0 unspecified atom stereocenters. The van der Waals surface area contributed by atoms with Crippen molar-refractivity contribution >= 4 is 11.6 Å². The van der Waals surface area contributed by atoms with Crippen molar-refractivity contribution in [3.05, 3.63) is 47.9 Å². The van der Waals surface area contributed by atoms with Crippen molar-refractivity contribution < 1.29 is 9.32 Å². The van der Waals surface area contributed by atoms with Crippen molar-refractivity contribution in [2.45, 2.75) is 19.9 Å². The zero-order valence-corrected chi connectivity index (χ0v) is 10.8. The minimum Gasteiger partial charge on any atom is -0.384 e. The summed E-state index contributed by atoms with van der Waals surface area (Å²) >= 11 is 0. The summed E-state index contributed by atoms with van der Waals surface area (Å²) < 4.78 is 4.93. The Morgan fingerprint density at radius 1 is 1.32 bits per heavy atom. The fraction of sp³-hybridized carbons (Fsp3) is 0.286. The van der Waals surface area contributed by atoms with Crippen molar-refractivity contribution in [3.63, 3.8) is 0 Å². The molecule has 0 aliphatic heterocycles. The molecule has 5 heteroatoms. The molecule has 1 amide bonds. The highest BCUT2D eigenvalue weighted by Crippen LogP contribution is 2.15. The quantitative estimate of drug-likeness (QED) is 0.836. The van der Waals surface area contributed by atoms with Gasteiger partial charge in [0.1, 0.15) is 0 Å². The number of carbonyl (C=O) groups excluding carboxylic acids is 1. The molecule has 0 bridgehead atoms. The van der Waals surface area contributed by atoms with E-state index in [9.17, 15) is 4.79 Å². The van der Waals surface area contributed by atoms with Crippen molar-refractivity contribution in [1.29, 1.82) is 0 Å². The van der Waals surface area contributed by atoms with E-state index in [1.165, 1.54) is 0 Å². The number of hydrogen-bond donors (Lipinski definition) is 2. The fourth-order valence-corrected chi connectivity index (χ4v) is 1.69. The zero-order valence-electron chi connectivity index (χ0n) is 10.8. The minimum atomic E-state index is -0.129. The lowest BCUT2D eigenvalue weighted by Gasteiger charge is -2.10. The maximum atomic E-state index is 12.1. The summed E-state index contributed by atoms with van der Waals surface area (Å²) in [6.07, 6.45) is 2.56. The first-order valence-corrected chi connectivity index (χ1v) is 6.32. The average molecular weight is 259 g/mol. The Balaban J connectivity index is 2.01. The normalized spacial score (nSPS) is 10.2. The zero-order chi connectivity index (χ0) is 13.5. The third-order valence-electron chi connectivity index (χ3n) is 2.65. The van der Waals surface area contributed by atoms with Gasteiger partial charge in [0.05, 0.1) is 18.3 Å². The van der Waals surface area contributed by atoms with Crippen LogP contribution in [0.15, 0.2) is 41.1 Å². The van der Waals surface area contributed by atoms with Crippen LogP contribution in [0.1, 0.15) is 29.5 Å². The third-order valence-corrected chi connectivity index (χ3v) is 2.65. The minimum absolute atomic E-state index is 0.129. The van der Waals surface area contributed by atoms with Gasteiger partial charge in [0.25, 0.3) is 5.91 Å². The molecule has 0 saturated heterocycles. The SMILES string of the molecule is CCCNc1ccccc1C(=O)NCc1ccno1. The van der Waals surface area contributed by atoms with E-state index in [0.717, 1.165) is 18.7 Å². The van der Waals surface area contributed by atoms with Crippen LogP contribution >= 0.6 is 0 Å².